The molecule has 116 valence electrons. The van der Waals surface area contributed by atoms with Crippen molar-refractivity contribution in [2.75, 3.05) is 16.8 Å². The monoisotopic (exact) mass is 312 g/mol. The van der Waals surface area contributed by atoms with Crippen LogP contribution in [0, 0.1) is 0 Å². The van der Waals surface area contributed by atoms with Crippen LogP contribution in [0.3, 0.4) is 0 Å². The molecule has 0 aromatic heterocycles. The van der Waals surface area contributed by atoms with Crippen molar-refractivity contribution < 1.29 is 18.0 Å². The topological polar surface area (TPSA) is 106 Å². The molecule has 1 aromatic rings. The molecule has 1 rings (SSSR count). The summed E-state index contributed by atoms with van der Waals surface area (Å²) < 4.78 is 23.5. The minimum absolute atomic E-state index is 0.0227. The molecule has 2 amide bonds. The van der Waals surface area contributed by atoms with Gasteiger partial charge in [0.05, 0.1) is 5.75 Å². The van der Waals surface area contributed by atoms with E-state index in [-0.39, 0.29) is 5.75 Å². The molecule has 0 unspecified atom stereocenters. The maximum atomic E-state index is 11.7. The van der Waals surface area contributed by atoms with Crippen molar-refractivity contribution in [2.24, 2.45) is 5.73 Å². The quantitative estimate of drug-likeness (QED) is 0.706. The lowest BCUT2D eigenvalue weighted by molar-refractivity contribution is -0.113. The van der Waals surface area contributed by atoms with Crippen LogP contribution < -0.4 is 11.1 Å². The highest BCUT2D eigenvalue weighted by Gasteiger charge is 2.16. The number of hydrogen-bond acceptors (Lipinski definition) is 4. The Bertz CT molecular complexity index is 594. The van der Waals surface area contributed by atoms with E-state index in [1.807, 2.05) is 6.92 Å². The number of nitrogens with two attached hydrogens (primary N) is 1. The second-order valence-electron chi connectivity index (χ2n) is 4.79. The molecule has 0 aliphatic carbocycles. The van der Waals surface area contributed by atoms with Crippen molar-refractivity contribution in [3.8, 4) is 0 Å². The zero-order valence-electron chi connectivity index (χ0n) is 12.0. The molecular formula is C14H20N2O4S. The summed E-state index contributed by atoms with van der Waals surface area (Å²) in [5.41, 5.74) is 5.85. The molecule has 7 heteroatoms. The second kappa shape index (κ2) is 7.78. The lowest BCUT2D eigenvalue weighted by Crippen LogP contribution is -2.24. The van der Waals surface area contributed by atoms with Gasteiger partial charge in [0.25, 0.3) is 0 Å². The SMILES string of the molecule is CCCCCS(=O)(=O)CC(=O)Nc1ccc(C(N)=O)cc1. The number of primary amides is 1. The van der Waals surface area contributed by atoms with E-state index in [4.69, 9.17) is 5.73 Å². The van der Waals surface area contributed by atoms with Gasteiger partial charge in [0.2, 0.25) is 11.8 Å². The first-order valence-corrected chi connectivity index (χ1v) is 8.56. The zero-order chi connectivity index (χ0) is 15.9. The molecule has 0 atom stereocenters. The van der Waals surface area contributed by atoms with E-state index in [1.54, 1.807) is 0 Å². The molecule has 0 fully saturated rings. The summed E-state index contributed by atoms with van der Waals surface area (Å²) in [6.07, 6.45) is 2.32. The van der Waals surface area contributed by atoms with Gasteiger partial charge in [-0.15, -0.1) is 0 Å². The third-order valence-corrected chi connectivity index (χ3v) is 4.48. The summed E-state index contributed by atoms with van der Waals surface area (Å²) in [6.45, 7) is 1.98. The molecule has 0 saturated heterocycles. The van der Waals surface area contributed by atoms with E-state index in [0.29, 0.717) is 17.7 Å². The van der Waals surface area contributed by atoms with E-state index in [1.165, 1.54) is 24.3 Å². The molecule has 0 radical (unpaired) electrons. The van der Waals surface area contributed by atoms with Gasteiger partial charge >= 0.3 is 0 Å². The number of nitrogens with one attached hydrogen (secondary N) is 1. The van der Waals surface area contributed by atoms with Gasteiger partial charge < -0.3 is 11.1 Å². The predicted octanol–water partition coefficient (Wildman–Crippen LogP) is 1.33. The van der Waals surface area contributed by atoms with Crippen LogP contribution in [0.4, 0.5) is 5.69 Å². The van der Waals surface area contributed by atoms with Crippen molar-refractivity contribution in [3.63, 3.8) is 0 Å². The van der Waals surface area contributed by atoms with Gasteiger partial charge in [-0.2, -0.15) is 0 Å². The molecule has 0 aliphatic heterocycles. The van der Waals surface area contributed by atoms with Crippen LogP contribution >= 0.6 is 0 Å². The van der Waals surface area contributed by atoms with Crippen LogP contribution in [0.5, 0.6) is 0 Å². The Morgan fingerprint density at radius 3 is 2.29 bits per heavy atom. The highest BCUT2D eigenvalue weighted by Crippen LogP contribution is 2.09. The van der Waals surface area contributed by atoms with Gasteiger partial charge in [-0.05, 0) is 30.7 Å². The summed E-state index contributed by atoms with van der Waals surface area (Å²) in [7, 11) is -3.38. The van der Waals surface area contributed by atoms with E-state index in [0.717, 1.165) is 12.8 Å². The Labute approximate surface area is 124 Å². The molecule has 3 N–H and O–H groups in total. The van der Waals surface area contributed by atoms with Gasteiger partial charge in [0.15, 0.2) is 9.84 Å². The lowest BCUT2D eigenvalue weighted by atomic mass is 10.2. The maximum absolute atomic E-state index is 11.7. The predicted molar refractivity (Wildman–Crippen MR) is 81.8 cm³/mol. The van der Waals surface area contributed by atoms with E-state index in [9.17, 15) is 18.0 Å². The molecule has 0 saturated carbocycles. The highest BCUT2D eigenvalue weighted by molar-refractivity contribution is 7.92. The van der Waals surface area contributed by atoms with Crippen LogP contribution in [0.15, 0.2) is 24.3 Å². The normalized spacial score (nSPS) is 11.1. The fourth-order valence-corrected chi connectivity index (χ4v) is 3.02. The van der Waals surface area contributed by atoms with Crippen LogP contribution in [-0.4, -0.2) is 31.7 Å². The highest BCUT2D eigenvalue weighted by atomic mass is 32.2. The third-order valence-electron chi connectivity index (χ3n) is 2.86. The van der Waals surface area contributed by atoms with E-state index in [2.05, 4.69) is 5.32 Å². The standard InChI is InChI=1S/C14H20N2O4S/c1-2-3-4-9-21(19,20)10-13(17)16-12-7-5-11(6-8-12)14(15)18/h5-8H,2-4,9-10H2,1H3,(H2,15,18)(H,16,17). The first-order valence-electron chi connectivity index (χ1n) is 6.74. The van der Waals surface area contributed by atoms with Gasteiger partial charge in [-0.25, -0.2) is 8.42 Å². The van der Waals surface area contributed by atoms with Crippen LogP contribution in [0.2, 0.25) is 0 Å². The summed E-state index contributed by atoms with van der Waals surface area (Å²) in [4.78, 5) is 22.6. The van der Waals surface area contributed by atoms with Crippen molar-refractivity contribution in [2.45, 2.75) is 26.2 Å². The van der Waals surface area contributed by atoms with Crippen molar-refractivity contribution >= 4 is 27.3 Å². The van der Waals surface area contributed by atoms with Crippen molar-refractivity contribution in [1.82, 2.24) is 0 Å². The summed E-state index contributed by atoms with van der Waals surface area (Å²) in [5.74, 6) is -1.66. The Kier molecular flexibility index (Phi) is 6.36. The summed E-state index contributed by atoms with van der Waals surface area (Å²) in [5, 5.41) is 2.48. The summed E-state index contributed by atoms with van der Waals surface area (Å²) in [6, 6.07) is 5.94. The first kappa shape index (κ1) is 17.2. The Hall–Kier alpha value is -1.89. The number of amides is 2. The second-order valence-corrected chi connectivity index (χ2v) is 6.97. The average Bonchev–Trinajstić information content (AvgIpc) is 2.38. The largest absolute Gasteiger partial charge is 0.366 e. The summed E-state index contributed by atoms with van der Waals surface area (Å²) >= 11 is 0. The zero-order valence-corrected chi connectivity index (χ0v) is 12.8. The number of sulfone groups is 1. The number of hydrogen-bond donors (Lipinski definition) is 2. The van der Waals surface area contributed by atoms with E-state index < -0.39 is 27.4 Å². The molecule has 21 heavy (non-hydrogen) atoms. The van der Waals surface area contributed by atoms with Gasteiger partial charge in [-0.3, -0.25) is 9.59 Å². The van der Waals surface area contributed by atoms with Gasteiger partial charge in [0.1, 0.15) is 5.75 Å². The number of carbonyl (C=O) groups is 2. The van der Waals surface area contributed by atoms with Crippen LogP contribution in [-0.2, 0) is 14.6 Å². The molecule has 0 heterocycles. The smallest absolute Gasteiger partial charge is 0.248 e. The van der Waals surface area contributed by atoms with Crippen LogP contribution in [0.25, 0.3) is 0 Å². The Balaban J connectivity index is 2.55. The average molecular weight is 312 g/mol. The Morgan fingerprint density at radius 2 is 1.76 bits per heavy atom. The van der Waals surface area contributed by atoms with Gasteiger partial charge in [-0.1, -0.05) is 19.8 Å². The van der Waals surface area contributed by atoms with Crippen molar-refractivity contribution in [3.05, 3.63) is 29.8 Å². The number of unbranched alkanes of at least 4 members (excludes halogenated alkanes) is 2. The minimum atomic E-state index is -3.38. The lowest BCUT2D eigenvalue weighted by Gasteiger charge is -2.06. The maximum Gasteiger partial charge on any atom is 0.248 e. The number of carbonyl (C=O) groups excluding carboxylic acids is 2. The number of benzene rings is 1. The van der Waals surface area contributed by atoms with Crippen LogP contribution in [0.1, 0.15) is 36.5 Å². The first-order chi connectivity index (χ1) is 9.84. The fourth-order valence-electron chi connectivity index (χ4n) is 1.76. The van der Waals surface area contributed by atoms with Gasteiger partial charge in [0, 0.05) is 11.3 Å². The third kappa shape index (κ3) is 6.40. The molecular weight excluding hydrogens is 292 g/mol. The van der Waals surface area contributed by atoms with E-state index >= 15 is 0 Å². The molecule has 6 nitrogen and oxygen atoms in total. The molecule has 0 bridgehead atoms. The Morgan fingerprint density at radius 1 is 1.14 bits per heavy atom. The molecule has 0 spiro atoms. The molecule has 0 aliphatic rings. The van der Waals surface area contributed by atoms with Crippen molar-refractivity contribution in [1.29, 1.82) is 0 Å². The fraction of sp³-hybridized carbons (Fsp3) is 0.429. The number of rotatable bonds is 8. The number of anilines is 1. The molecule has 1 aromatic carbocycles. The minimum Gasteiger partial charge on any atom is -0.366 e.